The van der Waals surface area contributed by atoms with Crippen LogP contribution in [0.25, 0.3) is 0 Å². The second-order valence-electron chi connectivity index (χ2n) is 4.76. The van der Waals surface area contributed by atoms with E-state index in [0.29, 0.717) is 12.5 Å². The molecule has 1 aromatic carbocycles. The topological polar surface area (TPSA) is 26.3 Å². The molecule has 1 rings (SSSR count). The van der Waals surface area contributed by atoms with Gasteiger partial charge in [-0.25, -0.2) is 0 Å². The maximum Gasteiger partial charge on any atom is 0.309 e. The third-order valence-corrected chi connectivity index (χ3v) is 3.65. The number of carbonyl (C=O) groups excluding carboxylic acids is 1. The van der Waals surface area contributed by atoms with E-state index in [4.69, 9.17) is 16.3 Å². The SMILES string of the molecule is CCCCC(CC)C(=O)OCc1ccccc1CCl. The van der Waals surface area contributed by atoms with Gasteiger partial charge in [-0.05, 0) is 24.0 Å². The van der Waals surface area contributed by atoms with E-state index in [1.54, 1.807) is 0 Å². The van der Waals surface area contributed by atoms with Crippen molar-refractivity contribution in [1.29, 1.82) is 0 Å². The summed E-state index contributed by atoms with van der Waals surface area (Å²) in [6, 6.07) is 7.80. The number of hydrogen-bond acceptors (Lipinski definition) is 2. The fourth-order valence-electron chi connectivity index (χ4n) is 2.03. The van der Waals surface area contributed by atoms with Crippen molar-refractivity contribution in [2.24, 2.45) is 5.92 Å². The Morgan fingerprint density at radius 1 is 1.26 bits per heavy atom. The molecule has 0 N–H and O–H groups in total. The summed E-state index contributed by atoms with van der Waals surface area (Å²) in [6.07, 6.45) is 3.95. The molecule has 0 radical (unpaired) electrons. The average Bonchev–Trinajstić information content (AvgIpc) is 2.46. The zero-order chi connectivity index (χ0) is 14.1. The number of benzene rings is 1. The van der Waals surface area contributed by atoms with Gasteiger partial charge in [-0.15, -0.1) is 11.6 Å². The fraction of sp³-hybridized carbons (Fsp3) is 0.562. The summed E-state index contributed by atoms with van der Waals surface area (Å²) >= 11 is 5.87. The Balaban J connectivity index is 2.52. The van der Waals surface area contributed by atoms with Crippen LogP contribution in [0, 0.1) is 5.92 Å². The molecule has 106 valence electrons. The summed E-state index contributed by atoms with van der Waals surface area (Å²) in [6.45, 7) is 4.49. The van der Waals surface area contributed by atoms with Crippen LogP contribution in [0.4, 0.5) is 0 Å². The molecule has 0 saturated carbocycles. The van der Waals surface area contributed by atoms with Crippen LogP contribution in [0.5, 0.6) is 0 Å². The largest absolute Gasteiger partial charge is 0.461 e. The molecule has 0 aliphatic carbocycles. The minimum Gasteiger partial charge on any atom is -0.461 e. The lowest BCUT2D eigenvalue weighted by atomic mass is 10.00. The van der Waals surface area contributed by atoms with Crippen molar-refractivity contribution >= 4 is 17.6 Å². The zero-order valence-electron chi connectivity index (χ0n) is 11.8. The maximum absolute atomic E-state index is 12.0. The Bertz CT molecular complexity index is 390. The minimum atomic E-state index is -0.0830. The van der Waals surface area contributed by atoms with Crippen molar-refractivity contribution in [2.45, 2.75) is 52.0 Å². The van der Waals surface area contributed by atoms with Gasteiger partial charge in [0.05, 0.1) is 5.92 Å². The molecule has 0 aliphatic rings. The summed E-state index contributed by atoms with van der Waals surface area (Å²) in [4.78, 5) is 12.0. The fourth-order valence-corrected chi connectivity index (χ4v) is 2.30. The number of hydrogen-bond donors (Lipinski definition) is 0. The molecule has 0 heterocycles. The Morgan fingerprint density at radius 3 is 2.53 bits per heavy atom. The van der Waals surface area contributed by atoms with Crippen LogP contribution in [-0.2, 0) is 22.0 Å². The van der Waals surface area contributed by atoms with Crippen molar-refractivity contribution < 1.29 is 9.53 Å². The Kier molecular flexibility index (Phi) is 7.57. The highest BCUT2D eigenvalue weighted by molar-refractivity contribution is 6.17. The van der Waals surface area contributed by atoms with Crippen LogP contribution in [0.2, 0.25) is 0 Å². The molecule has 1 unspecified atom stereocenters. The smallest absolute Gasteiger partial charge is 0.309 e. The summed E-state index contributed by atoms with van der Waals surface area (Å²) in [5, 5.41) is 0. The van der Waals surface area contributed by atoms with Crippen LogP contribution in [0.3, 0.4) is 0 Å². The molecular formula is C16H23ClO2. The second kappa shape index (κ2) is 8.98. The predicted molar refractivity (Wildman–Crippen MR) is 79.1 cm³/mol. The van der Waals surface area contributed by atoms with E-state index < -0.39 is 0 Å². The summed E-state index contributed by atoms with van der Waals surface area (Å²) < 4.78 is 5.42. The summed E-state index contributed by atoms with van der Waals surface area (Å²) in [5.41, 5.74) is 2.02. The van der Waals surface area contributed by atoms with Crippen molar-refractivity contribution in [1.82, 2.24) is 0 Å². The Morgan fingerprint density at radius 2 is 1.95 bits per heavy atom. The monoisotopic (exact) mass is 282 g/mol. The zero-order valence-corrected chi connectivity index (χ0v) is 12.6. The molecule has 3 heteroatoms. The van der Waals surface area contributed by atoms with Crippen molar-refractivity contribution in [3.8, 4) is 0 Å². The van der Waals surface area contributed by atoms with Crippen molar-refractivity contribution in [2.75, 3.05) is 0 Å². The third-order valence-electron chi connectivity index (χ3n) is 3.36. The van der Waals surface area contributed by atoms with Gasteiger partial charge in [0.1, 0.15) is 6.61 Å². The van der Waals surface area contributed by atoms with Crippen LogP contribution in [-0.4, -0.2) is 5.97 Å². The van der Waals surface area contributed by atoms with E-state index in [2.05, 4.69) is 6.92 Å². The van der Waals surface area contributed by atoms with Crippen LogP contribution in [0.15, 0.2) is 24.3 Å². The number of ether oxygens (including phenoxy) is 1. The van der Waals surface area contributed by atoms with E-state index in [-0.39, 0.29) is 11.9 Å². The molecule has 0 fully saturated rings. The number of esters is 1. The highest BCUT2D eigenvalue weighted by atomic mass is 35.5. The number of rotatable bonds is 8. The minimum absolute atomic E-state index is 0.0307. The lowest BCUT2D eigenvalue weighted by Gasteiger charge is -2.14. The average molecular weight is 283 g/mol. The first-order valence-electron chi connectivity index (χ1n) is 7.02. The van der Waals surface area contributed by atoms with Gasteiger partial charge < -0.3 is 4.74 Å². The molecule has 0 amide bonds. The lowest BCUT2D eigenvalue weighted by molar-refractivity contribution is -0.150. The molecule has 0 aliphatic heterocycles. The maximum atomic E-state index is 12.0. The van der Waals surface area contributed by atoms with Gasteiger partial charge in [-0.1, -0.05) is 51.0 Å². The van der Waals surface area contributed by atoms with Gasteiger partial charge >= 0.3 is 5.97 Å². The molecular weight excluding hydrogens is 260 g/mol. The number of alkyl halides is 1. The third kappa shape index (κ3) is 5.23. The van der Waals surface area contributed by atoms with E-state index in [1.807, 2.05) is 31.2 Å². The highest BCUT2D eigenvalue weighted by Gasteiger charge is 2.17. The van der Waals surface area contributed by atoms with Crippen LogP contribution >= 0.6 is 11.6 Å². The first kappa shape index (κ1) is 16.0. The van der Waals surface area contributed by atoms with E-state index in [0.717, 1.165) is 36.8 Å². The molecule has 0 aromatic heterocycles. The van der Waals surface area contributed by atoms with Crippen molar-refractivity contribution in [3.63, 3.8) is 0 Å². The van der Waals surface area contributed by atoms with E-state index in [9.17, 15) is 4.79 Å². The quantitative estimate of drug-likeness (QED) is 0.511. The molecule has 0 bridgehead atoms. The van der Waals surface area contributed by atoms with Gasteiger partial charge in [-0.2, -0.15) is 0 Å². The van der Waals surface area contributed by atoms with Gasteiger partial charge in [0.25, 0.3) is 0 Å². The molecule has 1 atom stereocenters. The van der Waals surface area contributed by atoms with Gasteiger partial charge in [0.2, 0.25) is 0 Å². The molecule has 0 spiro atoms. The van der Waals surface area contributed by atoms with Crippen LogP contribution in [0.1, 0.15) is 50.7 Å². The van der Waals surface area contributed by atoms with E-state index >= 15 is 0 Å². The number of halogens is 1. The van der Waals surface area contributed by atoms with Crippen molar-refractivity contribution in [3.05, 3.63) is 35.4 Å². The number of carbonyl (C=O) groups is 1. The second-order valence-corrected chi connectivity index (χ2v) is 5.02. The Hall–Kier alpha value is -1.02. The first-order chi connectivity index (χ1) is 9.22. The summed E-state index contributed by atoms with van der Waals surface area (Å²) in [7, 11) is 0. The molecule has 2 nitrogen and oxygen atoms in total. The molecule has 19 heavy (non-hydrogen) atoms. The molecule has 0 saturated heterocycles. The number of unbranched alkanes of at least 4 members (excludes halogenated alkanes) is 1. The van der Waals surface area contributed by atoms with Gasteiger partial charge in [0.15, 0.2) is 0 Å². The standard InChI is InChI=1S/C16H23ClO2/c1-3-5-8-13(4-2)16(18)19-12-15-10-7-6-9-14(15)11-17/h6-7,9-10,13H,3-5,8,11-12H2,1-2H3. The van der Waals surface area contributed by atoms with Gasteiger partial charge in [-0.3, -0.25) is 4.79 Å². The van der Waals surface area contributed by atoms with Crippen LogP contribution < -0.4 is 0 Å². The lowest BCUT2D eigenvalue weighted by Crippen LogP contribution is -2.17. The molecule has 1 aromatic rings. The normalized spacial score (nSPS) is 12.2. The summed E-state index contributed by atoms with van der Waals surface area (Å²) in [5.74, 6) is 0.393. The van der Waals surface area contributed by atoms with Gasteiger partial charge in [0, 0.05) is 5.88 Å². The Labute approximate surface area is 121 Å². The highest BCUT2D eigenvalue weighted by Crippen LogP contribution is 2.17. The van der Waals surface area contributed by atoms with E-state index in [1.165, 1.54) is 0 Å². The predicted octanol–water partition coefficient (Wildman–Crippen LogP) is 4.69. The first-order valence-corrected chi connectivity index (χ1v) is 7.55.